The highest BCUT2D eigenvalue weighted by Gasteiger charge is 2.19. The lowest BCUT2D eigenvalue weighted by Gasteiger charge is -2.14. The van der Waals surface area contributed by atoms with Crippen molar-refractivity contribution >= 4 is 23.3 Å². The topological polar surface area (TPSA) is 117 Å². The van der Waals surface area contributed by atoms with Gasteiger partial charge in [0.05, 0.1) is 4.92 Å². The predicted octanol–water partition coefficient (Wildman–Crippen LogP) is 1.10. The molecular formula is C13H11FN2O7. The molecule has 0 spiro atoms. The molecule has 1 amide bonds. The second-order valence-electron chi connectivity index (χ2n) is 4.25. The van der Waals surface area contributed by atoms with Gasteiger partial charge >= 0.3 is 11.7 Å². The first kappa shape index (κ1) is 16.2. The van der Waals surface area contributed by atoms with Crippen LogP contribution >= 0.6 is 0 Å². The number of carbonyl (C=O) groups excluding carboxylic acids is 2. The van der Waals surface area contributed by atoms with Crippen molar-refractivity contribution in [3.05, 3.63) is 46.2 Å². The van der Waals surface area contributed by atoms with Crippen LogP contribution in [0, 0.1) is 15.9 Å². The molecule has 0 atom stereocenters. The van der Waals surface area contributed by atoms with Crippen molar-refractivity contribution in [3.8, 4) is 0 Å². The fraction of sp³-hybridized carbons (Fsp3) is 0.231. The molecule has 9 nitrogen and oxygen atoms in total. The molecule has 1 aromatic carbocycles. The Hall–Kier alpha value is -3.17. The van der Waals surface area contributed by atoms with Gasteiger partial charge in [-0.1, -0.05) is 0 Å². The molecule has 2 rings (SSSR count). The Morgan fingerprint density at radius 3 is 2.83 bits per heavy atom. The molecule has 0 bridgehead atoms. The molecule has 0 fully saturated rings. The summed E-state index contributed by atoms with van der Waals surface area (Å²) in [7, 11) is 0. The number of halogens is 1. The number of nitrogens with zero attached hydrogens (tertiary/aromatic N) is 1. The highest BCUT2D eigenvalue weighted by molar-refractivity contribution is 5.94. The molecule has 1 aromatic rings. The SMILES string of the molecule is O=C(COC(=O)C1=COCCO1)Nc1ccc(F)c([N+](=O)[O-])c1. The maximum absolute atomic E-state index is 13.2. The Labute approximate surface area is 128 Å². The zero-order valence-electron chi connectivity index (χ0n) is 11.6. The summed E-state index contributed by atoms with van der Waals surface area (Å²) in [5.41, 5.74) is -0.784. The van der Waals surface area contributed by atoms with Crippen molar-refractivity contribution in [3.63, 3.8) is 0 Å². The Bertz CT molecular complexity index is 674. The molecule has 10 heteroatoms. The van der Waals surface area contributed by atoms with E-state index in [1.54, 1.807) is 0 Å². The smallest absolute Gasteiger partial charge is 0.377 e. The number of ether oxygens (including phenoxy) is 3. The van der Waals surface area contributed by atoms with Crippen LogP contribution in [-0.4, -0.2) is 36.6 Å². The number of hydrogen-bond acceptors (Lipinski definition) is 7. The van der Waals surface area contributed by atoms with E-state index in [9.17, 15) is 24.1 Å². The molecule has 1 aliphatic rings. The first-order chi connectivity index (χ1) is 11.0. The summed E-state index contributed by atoms with van der Waals surface area (Å²) in [6, 6.07) is 2.84. The van der Waals surface area contributed by atoms with Gasteiger partial charge in [-0.25, -0.2) is 4.79 Å². The zero-order valence-corrected chi connectivity index (χ0v) is 11.6. The van der Waals surface area contributed by atoms with Gasteiger partial charge in [-0.3, -0.25) is 14.9 Å². The normalized spacial score (nSPS) is 13.2. The van der Waals surface area contributed by atoms with Gasteiger partial charge in [0.25, 0.3) is 5.91 Å². The van der Waals surface area contributed by atoms with Crippen molar-refractivity contribution < 1.29 is 33.1 Å². The van der Waals surface area contributed by atoms with E-state index in [2.05, 4.69) is 10.1 Å². The molecular weight excluding hydrogens is 315 g/mol. The number of benzene rings is 1. The van der Waals surface area contributed by atoms with E-state index in [1.807, 2.05) is 0 Å². The Morgan fingerprint density at radius 2 is 2.17 bits per heavy atom. The summed E-state index contributed by atoms with van der Waals surface area (Å²) in [6.07, 6.45) is 1.08. The summed E-state index contributed by atoms with van der Waals surface area (Å²) >= 11 is 0. The number of carbonyl (C=O) groups is 2. The van der Waals surface area contributed by atoms with E-state index in [4.69, 9.17) is 9.47 Å². The number of esters is 1. The minimum Gasteiger partial charge on any atom is -0.493 e. The quantitative estimate of drug-likeness (QED) is 0.489. The monoisotopic (exact) mass is 326 g/mol. The van der Waals surface area contributed by atoms with E-state index in [0.29, 0.717) is 6.61 Å². The maximum Gasteiger partial charge on any atom is 0.377 e. The Morgan fingerprint density at radius 1 is 1.39 bits per heavy atom. The van der Waals surface area contributed by atoms with Crippen LogP contribution in [0.1, 0.15) is 0 Å². The van der Waals surface area contributed by atoms with Gasteiger partial charge in [-0.15, -0.1) is 0 Å². The molecule has 0 saturated heterocycles. The predicted molar refractivity (Wildman–Crippen MR) is 72.6 cm³/mol. The van der Waals surface area contributed by atoms with Gasteiger partial charge in [0.1, 0.15) is 19.5 Å². The number of rotatable bonds is 5. The number of amides is 1. The molecule has 0 aliphatic carbocycles. The van der Waals surface area contributed by atoms with Crippen LogP contribution in [0.25, 0.3) is 0 Å². The fourth-order valence-corrected chi connectivity index (χ4v) is 1.61. The number of hydrogen-bond donors (Lipinski definition) is 1. The lowest BCUT2D eigenvalue weighted by atomic mass is 10.2. The first-order valence-corrected chi connectivity index (χ1v) is 6.33. The largest absolute Gasteiger partial charge is 0.493 e. The van der Waals surface area contributed by atoms with Crippen LogP contribution in [0.15, 0.2) is 30.2 Å². The third-order valence-electron chi connectivity index (χ3n) is 2.61. The van der Waals surface area contributed by atoms with Gasteiger partial charge in [0.2, 0.25) is 11.6 Å². The molecule has 0 saturated carbocycles. The number of anilines is 1. The van der Waals surface area contributed by atoms with Crippen molar-refractivity contribution in [1.29, 1.82) is 0 Å². The maximum atomic E-state index is 13.2. The Balaban J connectivity index is 1.90. The third-order valence-corrected chi connectivity index (χ3v) is 2.61. The van der Waals surface area contributed by atoms with Crippen molar-refractivity contribution in [1.82, 2.24) is 0 Å². The van der Waals surface area contributed by atoms with Gasteiger partial charge in [0, 0.05) is 11.8 Å². The summed E-state index contributed by atoms with van der Waals surface area (Å²) in [5.74, 6) is -2.83. The molecule has 0 radical (unpaired) electrons. The fourth-order valence-electron chi connectivity index (χ4n) is 1.61. The third kappa shape index (κ3) is 4.40. The van der Waals surface area contributed by atoms with Gasteiger partial charge in [-0.2, -0.15) is 4.39 Å². The van der Waals surface area contributed by atoms with Crippen molar-refractivity contribution in [2.24, 2.45) is 0 Å². The molecule has 0 unspecified atom stereocenters. The van der Waals surface area contributed by atoms with E-state index in [0.717, 1.165) is 24.5 Å². The van der Waals surface area contributed by atoms with Crippen LogP contribution in [0.4, 0.5) is 15.8 Å². The summed E-state index contributed by atoms with van der Waals surface area (Å²) in [4.78, 5) is 32.8. The van der Waals surface area contributed by atoms with Crippen LogP contribution in [0.2, 0.25) is 0 Å². The zero-order chi connectivity index (χ0) is 16.8. The number of nitrogens with one attached hydrogen (secondary N) is 1. The van der Waals surface area contributed by atoms with Crippen LogP contribution < -0.4 is 5.32 Å². The van der Waals surface area contributed by atoms with Crippen molar-refractivity contribution in [2.75, 3.05) is 25.1 Å². The average Bonchev–Trinajstić information content (AvgIpc) is 2.55. The lowest BCUT2D eigenvalue weighted by Crippen LogP contribution is -2.23. The van der Waals surface area contributed by atoms with E-state index < -0.39 is 34.9 Å². The standard InChI is InChI=1S/C13H11FN2O7/c14-9-2-1-8(5-10(9)16(19)20)15-12(17)7-23-13(18)11-6-21-3-4-22-11/h1-2,5-6H,3-4,7H2,(H,15,17). The molecule has 122 valence electrons. The molecule has 1 aliphatic heterocycles. The first-order valence-electron chi connectivity index (χ1n) is 6.33. The summed E-state index contributed by atoms with van der Waals surface area (Å²) < 4.78 is 27.7. The summed E-state index contributed by atoms with van der Waals surface area (Å²) in [5, 5.41) is 12.8. The molecule has 1 N–H and O–H groups in total. The van der Waals surface area contributed by atoms with Gasteiger partial charge < -0.3 is 19.5 Å². The van der Waals surface area contributed by atoms with Crippen LogP contribution in [0.5, 0.6) is 0 Å². The second kappa shape index (κ2) is 7.20. The number of nitro groups is 1. The van der Waals surface area contributed by atoms with E-state index in [-0.39, 0.29) is 18.1 Å². The summed E-state index contributed by atoms with van der Waals surface area (Å²) in [6.45, 7) is -0.155. The highest BCUT2D eigenvalue weighted by atomic mass is 19.1. The van der Waals surface area contributed by atoms with E-state index >= 15 is 0 Å². The van der Waals surface area contributed by atoms with E-state index in [1.165, 1.54) is 0 Å². The van der Waals surface area contributed by atoms with Gasteiger partial charge in [-0.05, 0) is 12.1 Å². The van der Waals surface area contributed by atoms with Gasteiger partial charge in [0.15, 0.2) is 6.61 Å². The Kier molecular flexibility index (Phi) is 5.07. The molecule has 23 heavy (non-hydrogen) atoms. The molecule has 1 heterocycles. The highest BCUT2D eigenvalue weighted by Crippen LogP contribution is 2.21. The number of nitro benzene ring substituents is 1. The minimum atomic E-state index is -1.03. The average molecular weight is 326 g/mol. The van der Waals surface area contributed by atoms with Crippen molar-refractivity contribution in [2.45, 2.75) is 0 Å². The molecule has 0 aromatic heterocycles. The minimum absolute atomic E-state index is 0.00406. The van der Waals surface area contributed by atoms with Crippen LogP contribution in [-0.2, 0) is 23.8 Å². The second-order valence-corrected chi connectivity index (χ2v) is 4.25. The van der Waals surface area contributed by atoms with Crippen LogP contribution in [0.3, 0.4) is 0 Å². The lowest BCUT2D eigenvalue weighted by molar-refractivity contribution is -0.387.